The van der Waals surface area contributed by atoms with Gasteiger partial charge in [0.05, 0.1) is 12.6 Å². The lowest BCUT2D eigenvalue weighted by molar-refractivity contribution is 0.123. The van der Waals surface area contributed by atoms with Crippen molar-refractivity contribution in [1.29, 1.82) is 0 Å². The fraction of sp³-hybridized carbons (Fsp3) is 0.455. The fourth-order valence-corrected chi connectivity index (χ4v) is 1.97. The average molecular weight is 273 g/mol. The number of nitrogens with one attached hydrogen (secondary N) is 1. The molecule has 0 aliphatic heterocycles. The molecule has 15 heavy (non-hydrogen) atoms. The summed E-state index contributed by atoms with van der Waals surface area (Å²) in [7, 11) is 0. The molecule has 1 aromatic rings. The smallest absolute Gasteiger partial charge is 0.0696 e. The van der Waals surface area contributed by atoms with Crippen molar-refractivity contribution in [3.63, 3.8) is 0 Å². The molecule has 0 bridgehead atoms. The van der Waals surface area contributed by atoms with Crippen LogP contribution in [0.4, 0.5) is 0 Å². The monoisotopic (exact) mass is 272 g/mol. The quantitative estimate of drug-likeness (QED) is 0.639. The maximum atomic E-state index is 5.51. The minimum absolute atomic E-state index is 0.0537. The molecule has 0 spiro atoms. The van der Waals surface area contributed by atoms with Gasteiger partial charge in [-0.05, 0) is 37.1 Å². The van der Waals surface area contributed by atoms with Crippen molar-refractivity contribution in [2.24, 2.45) is 5.84 Å². The Hall–Kier alpha value is -0.420. The summed E-state index contributed by atoms with van der Waals surface area (Å²) in [5, 5.41) is 0. The Morgan fingerprint density at radius 3 is 2.80 bits per heavy atom. The van der Waals surface area contributed by atoms with E-state index in [2.05, 4.69) is 40.4 Å². The molecule has 3 N–H and O–H groups in total. The largest absolute Gasteiger partial charge is 0.380 e. The first-order chi connectivity index (χ1) is 7.19. The first-order valence-electron chi connectivity index (χ1n) is 4.99. The predicted octanol–water partition coefficient (Wildman–Crippen LogP) is 2.30. The van der Waals surface area contributed by atoms with Gasteiger partial charge in [0.25, 0.3) is 0 Å². The van der Waals surface area contributed by atoms with Crippen LogP contribution < -0.4 is 11.3 Å². The first kappa shape index (κ1) is 12.6. The summed E-state index contributed by atoms with van der Waals surface area (Å²) in [6.45, 7) is 5.33. The van der Waals surface area contributed by atoms with Crippen LogP contribution in [0.2, 0.25) is 0 Å². The van der Waals surface area contributed by atoms with E-state index >= 15 is 0 Å². The number of hydrogen-bond acceptors (Lipinski definition) is 3. The summed E-state index contributed by atoms with van der Waals surface area (Å²) in [6.07, 6.45) is 0. The maximum absolute atomic E-state index is 5.51. The Morgan fingerprint density at radius 1 is 1.53 bits per heavy atom. The molecule has 4 heteroatoms. The first-order valence-corrected chi connectivity index (χ1v) is 5.78. The van der Waals surface area contributed by atoms with E-state index in [0.29, 0.717) is 13.2 Å². The molecule has 0 amide bonds. The standard InChI is InChI=1S/C11H17BrN2O/c1-3-15-7-11(14-13)10-5-4-9(12)6-8(10)2/h4-6,11,14H,3,7,13H2,1-2H3. The van der Waals surface area contributed by atoms with E-state index in [1.54, 1.807) is 0 Å². The number of hydrogen-bond donors (Lipinski definition) is 2. The van der Waals surface area contributed by atoms with Gasteiger partial charge in [-0.2, -0.15) is 0 Å². The van der Waals surface area contributed by atoms with E-state index in [0.717, 1.165) is 4.47 Å². The zero-order chi connectivity index (χ0) is 11.3. The van der Waals surface area contributed by atoms with Gasteiger partial charge in [-0.25, -0.2) is 0 Å². The van der Waals surface area contributed by atoms with Crippen molar-refractivity contribution in [3.05, 3.63) is 33.8 Å². The second-order valence-electron chi connectivity index (χ2n) is 3.38. The SMILES string of the molecule is CCOCC(NN)c1ccc(Br)cc1C. The van der Waals surface area contributed by atoms with Crippen molar-refractivity contribution in [1.82, 2.24) is 5.43 Å². The summed E-state index contributed by atoms with van der Waals surface area (Å²) in [6, 6.07) is 6.20. The highest BCUT2D eigenvalue weighted by Gasteiger charge is 2.11. The topological polar surface area (TPSA) is 47.3 Å². The second kappa shape index (κ2) is 6.23. The van der Waals surface area contributed by atoms with Crippen LogP contribution in [0, 0.1) is 6.92 Å². The van der Waals surface area contributed by atoms with Crippen molar-refractivity contribution in [2.75, 3.05) is 13.2 Å². The lowest BCUT2D eigenvalue weighted by atomic mass is 10.0. The molecule has 1 unspecified atom stereocenters. The summed E-state index contributed by atoms with van der Waals surface area (Å²) < 4.78 is 6.45. The highest BCUT2D eigenvalue weighted by molar-refractivity contribution is 9.10. The van der Waals surface area contributed by atoms with E-state index < -0.39 is 0 Å². The van der Waals surface area contributed by atoms with Crippen LogP contribution in [-0.4, -0.2) is 13.2 Å². The number of ether oxygens (including phenoxy) is 1. The molecule has 3 nitrogen and oxygen atoms in total. The van der Waals surface area contributed by atoms with Gasteiger partial charge in [0.1, 0.15) is 0 Å². The normalized spacial score (nSPS) is 12.8. The Morgan fingerprint density at radius 2 is 2.27 bits per heavy atom. The van der Waals surface area contributed by atoms with Gasteiger partial charge in [-0.3, -0.25) is 11.3 Å². The summed E-state index contributed by atoms with van der Waals surface area (Å²) in [5.41, 5.74) is 5.15. The molecule has 0 radical (unpaired) electrons. The van der Waals surface area contributed by atoms with Crippen molar-refractivity contribution in [3.8, 4) is 0 Å². The van der Waals surface area contributed by atoms with Crippen molar-refractivity contribution < 1.29 is 4.74 Å². The number of aryl methyl sites for hydroxylation is 1. The molecule has 0 aliphatic carbocycles. The van der Waals surface area contributed by atoms with E-state index in [1.165, 1.54) is 11.1 Å². The van der Waals surface area contributed by atoms with Gasteiger partial charge in [-0.1, -0.05) is 22.0 Å². The zero-order valence-electron chi connectivity index (χ0n) is 9.09. The van der Waals surface area contributed by atoms with Gasteiger partial charge in [0.15, 0.2) is 0 Å². The Balaban J connectivity index is 2.81. The number of rotatable bonds is 5. The van der Waals surface area contributed by atoms with Crippen LogP contribution in [0.5, 0.6) is 0 Å². The molecule has 0 aliphatic rings. The molecule has 1 aromatic carbocycles. The van der Waals surface area contributed by atoms with Crippen LogP contribution in [0.1, 0.15) is 24.1 Å². The van der Waals surface area contributed by atoms with Crippen LogP contribution in [0.25, 0.3) is 0 Å². The molecule has 0 aromatic heterocycles. The van der Waals surface area contributed by atoms with Gasteiger partial charge in [-0.15, -0.1) is 0 Å². The highest BCUT2D eigenvalue weighted by Crippen LogP contribution is 2.21. The Bertz CT molecular complexity index is 317. The van der Waals surface area contributed by atoms with Gasteiger partial charge in [0, 0.05) is 11.1 Å². The average Bonchev–Trinajstić information content (AvgIpc) is 2.21. The summed E-state index contributed by atoms with van der Waals surface area (Å²) in [4.78, 5) is 0. The number of nitrogens with two attached hydrogens (primary N) is 1. The summed E-state index contributed by atoms with van der Waals surface area (Å²) >= 11 is 3.44. The Labute approximate surface area is 99.1 Å². The fourth-order valence-electron chi connectivity index (χ4n) is 1.49. The molecule has 1 atom stereocenters. The van der Waals surface area contributed by atoms with Crippen molar-refractivity contribution >= 4 is 15.9 Å². The minimum atomic E-state index is 0.0537. The van der Waals surface area contributed by atoms with Gasteiger partial charge >= 0.3 is 0 Å². The molecule has 84 valence electrons. The van der Waals surface area contributed by atoms with Crippen molar-refractivity contribution in [2.45, 2.75) is 19.9 Å². The maximum Gasteiger partial charge on any atom is 0.0696 e. The van der Waals surface area contributed by atoms with Crippen LogP contribution in [0.15, 0.2) is 22.7 Å². The molecular formula is C11H17BrN2O. The molecule has 1 rings (SSSR count). The Kier molecular flexibility index (Phi) is 5.25. The van der Waals surface area contributed by atoms with Crippen LogP contribution >= 0.6 is 15.9 Å². The molecule has 0 saturated carbocycles. The third-order valence-corrected chi connectivity index (χ3v) is 2.79. The van der Waals surface area contributed by atoms with E-state index in [-0.39, 0.29) is 6.04 Å². The summed E-state index contributed by atoms with van der Waals surface area (Å²) in [5.74, 6) is 5.51. The number of hydrazine groups is 1. The van der Waals surface area contributed by atoms with Crippen LogP contribution in [-0.2, 0) is 4.74 Å². The van der Waals surface area contributed by atoms with Crippen LogP contribution in [0.3, 0.4) is 0 Å². The van der Waals surface area contributed by atoms with E-state index in [4.69, 9.17) is 10.6 Å². The molecule has 0 fully saturated rings. The number of halogens is 1. The second-order valence-corrected chi connectivity index (χ2v) is 4.30. The lowest BCUT2D eigenvalue weighted by Crippen LogP contribution is -2.31. The molecular weight excluding hydrogens is 256 g/mol. The molecule has 0 saturated heterocycles. The van der Waals surface area contributed by atoms with E-state index in [9.17, 15) is 0 Å². The van der Waals surface area contributed by atoms with Gasteiger partial charge < -0.3 is 4.74 Å². The minimum Gasteiger partial charge on any atom is -0.380 e. The molecule has 0 heterocycles. The van der Waals surface area contributed by atoms with Gasteiger partial charge in [0.2, 0.25) is 0 Å². The highest BCUT2D eigenvalue weighted by atomic mass is 79.9. The predicted molar refractivity (Wildman–Crippen MR) is 65.4 cm³/mol. The third kappa shape index (κ3) is 3.57. The third-order valence-electron chi connectivity index (χ3n) is 2.30. The zero-order valence-corrected chi connectivity index (χ0v) is 10.7. The lowest BCUT2D eigenvalue weighted by Gasteiger charge is -2.18. The number of benzene rings is 1. The van der Waals surface area contributed by atoms with E-state index in [1.807, 2.05) is 13.0 Å².